The van der Waals surface area contributed by atoms with Crippen LogP contribution in [0.4, 0.5) is 26.3 Å². The van der Waals surface area contributed by atoms with E-state index >= 15 is 0 Å². The van der Waals surface area contributed by atoms with Crippen LogP contribution in [-0.4, -0.2) is 54.3 Å². The maximum atomic E-state index is 13.8. The average molecular weight is 553 g/mol. The van der Waals surface area contributed by atoms with E-state index in [2.05, 4.69) is 0 Å². The molecule has 0 radical (unpaired) electrons. The van der Waals surface area contributed by atoms with E-state index in [0.717, 1.165) is 20.8 Å². The largest absolute Gasteiger partial charge is 0.419 e. The van der Waals surface area contributed by atoms with Gasteiger partial charge in [0.2, 0.25) is 10.0 Å². The molecule has 0 spiro atoms. The van der Waals surface area contributed by atoms with Crippen molar-refractivity contribution in [1.29, 1.82) is 0 Å². The number of likely N-dealkylation sites (tertiary alicyclic amines) is 1. The van der Waals surface area contributed by atoms with Crippen molar-refractivity contribution in [2.75, 3.05) is 25.4 Å². The first-order valence-electron chi connectivity index (χ1n) is 11.5. The highest BCUT2D eigenvalue weighted by atomic mass is 32.2. The third kappa shape index (κ3) is 6.03. The van der Waals surface area contributed by atoms with Gasteiger partial charge < -0.3 is 0 Å². The summed E-state index contributed by atoms with van der Waals surface area (Å²) in [5, 5.41) is -0.658. The van der Waals surface area contributed by atoms with Gasteiger partial charge in [-0.15, -0.1) is 11.8 Å². The summed E-state index contributed by atoms with van der Waals surface area (Å²) in [5.74, 6) is -5.07. The molecule has 198 valence electrons. The summed E-state index contributed by atoms with van der Waals surface area (Å²) in [6, 6.07) is 9.79. The van der Waals surface area contributed by atoms with Gasteiger partial charge in [-0.25, -0.2) is 21.6 Å². The lowest BCUT2D eigenvalue weighted by molar-refractivity contribution is -0.140. The molecule has 0 amide bonds. The molecule has 4 rings (SSSR count). The Kier molecular flexibility index (Phi) is 7.72. The van der Waals surface area contributed by atoms with Crippen LogP contribution in [0.25, 0.3) is 0 Å². The fourth-order valence-corrected chi connectivity index (χ4v) is 8.11. The molecule has 2 atom stereocenters. The highest BCUT2D eigenvalue weighted by Crippen LogP contribution is 2.48. The topological polar surface area (TPSA) is 40.6 Å². The summed E-state index contributed by atoms with van der Waals surface area (Å²) < 4.78 is 110. The number of nitrogens with zero attached hydrogens (tertiary/aromatic N) is 2. The van der Waals surface area contributed by atoms with Crippen molar-refractivity contribution in [1.82, 2.24) is 9.21 Å². The van der Waals surface area contributed by atoms with Crippen LogP contribution in [0.2, 0.25) is 0 Å². The maximum absolute atomic E-state index is 13.8. The van der Waals surface area contributed by atoms with E-state index in [4.69, 9.17) is 0 Å². The summed E-state index contributed by atoms with van der Waals surface area (Å²) in [6.07, 6.45) is -4.94. The van der Waals surface area contributed by atoms with Gasteiger partial charge in [-0.2, -0.15) is 17.5 Å². The van der Waals surface area contributed by atoms with Crippen LogP contribution in [-0.2, 0) is 22.7 Å². The van der Waals surface area contributed by atoms with E-state index < -0.39 is 57.7 Å². The maximum Gasteiger partial charge on any atom is 0.419 e. The first-order valence-corrected chi connectivity index (χ1v) is 14.0. The number of rotatable bonds is 7. The van der Waals surface area contributed by atoms with Crippen LogP contribution in [0.1, 0.15) is 42.4 Å². The zero-order valence-electron chi connectivity index (χ0n) is 19.4. The molecule has 36 heavy (non-hydrogen) atoms. The number of thioether (sulfide) groups is 1. The highest BCUT2D eigenvalue weighted by Gasteiger charge is 2.41. The van der Waals surface area contributed by atoms with E-state index in [0.29, 0.717) is 18.7 Å². The molecule has 1 saturated heterocycles. The lowest BCUT2D eigenvalue weighted by atomic mass is 10.0. The van der Waals surface area contributed by atoms with Crippen molar-refractivity contribution in [2.24, 2.45) is 0 Å². The molecule has 0 aromatic heterocycles. The number of hydrogen-bond acceptors (Lipinski definition) is 4. The van der Waals surface area contributed by atoms with Gasteiger partial charge in [-0.05, 0) is 42.3 Å². The minimum Gasteiger partial charge on any atom is -0.296 e. The number of hydrogen-bond donors (Lipinski definition) is 0. The van der Waals surface area contributed by atoms with E-state index in [1.807, 2.05) is 31.2 Å². The summed E-state index contributed by atoms with van der Waals surface area (Å²) in [5.41, 5.74) is -0.567. The Bertz CT molecular complexity index is 1210. The van der Waals surface area contributed by atoms with Crippen molar-refractivity contribution in [3.63, 3.8) is 0 Å². The molecule has 2 heterocycles. The van der Waals surface area contributed by atoms with Crippen molar-refractivity contribution < 1.29 is 34.8 Å². The predicted octanol–water partition coefficient (Wildman–Crippen LogP) is 5.94. The molecule has 2 aliphatic rings. The Hall–Kier alpha value is -1.76. The zero-order chi connectivity index (χ0) is 26.3. The Morgan fingerprint density at radius 1 is 1.17 bits per heavy atom. The minimum atomic E-state index is -4.94. The SMILES string of the molecule is CC1c2ccccc2SC1N(Cc1ccc(F)c(C(F)(F)F)c1)S(=O)(=O)CCN1CCCC(F)(F)C1. The molecule has 1 fully saturated rings. The van der Waals surface area contributed by atoms with Crippen LogP contribution in [0.5, 0.6) is 0 Å². The van der Waals surface area contributed by atoms with Gasteiger partial charge in [0.05, 0.1) is 23.2 Å². The van der Waals surface area contributed by atoms with Gasteiger partial charge in [-0.1, -0.05) is 31.2 Å². The van der Waals surface area contributed by atoms with Crippen LogP contribution in [0.15, 0.2) is 47.4 Å². The smallest absolute Gasteiger partial charge is 0.296 e. The Balaban J connectivity index is 1.62. The van der Waals surface area contributed by atoms with Gasteiger partial charge in [0.1, 0.15) is 5.82 Å². The normalized spacial score (nSPS) is 22.7. The molecule has 0 saturated carbocycles. The molecule has 0 bridgehead atoms. The first-order chi connectivity index (χ1) is 16.8. The van der Waals surface area contributed by atoms with Crippen molar-refractivity contribution >= 4 is 21.8 Å². The number of halogens is 6. The quantitative estimate of drug-likeness (QED) is 0.399. The lowest BCUT2D eigenvalue weighted by Crippen LogP contribution is -2.47. The molecule has 2 unspecified atom stereocenters. The number of piperidine rings is 1. The van der Waals surface area contributed by atoms with Crippen LogP contribution < -0.4 is 0 Å². The van der Waals surface area contributed by atoms with Gasteiger partial charge in [0.15, 0.2) is 0 Å². The monoisotopic (exact) mass is 552 g/mol. The number of benzene rings is 2. The predicted molar refractivity (Wildman–Crippen MR) is 126 cm³/mol. The van der Waals surface area contributed by atoms with Gasteiger partial charge in [0, 0.05) is 30.3 Å². The Labute approximate surface area is 210 Å². The second kappa shape index (κ2) is 10.2. The third-order valence-corrected chi connectivity index (χ3v) is 9.97. The lowest BCUT2D eigenvalue weighted by Gasteiger charge is -2.34. The molecular weight excluding hydrogens is 526 g/mol. The van der Waals surface area contributed by atoms with Crippen molar-refractivity contribution in [3.8, 4) is 0 Å². The molecule has 0 N–H and O–H groups in total. The van der Waals surface area contributed by atoms with Crippen LogP contribution in [0, 0.1) is 5.82 Å². The summed E-state index contributed by atoms with van der Waals surface area (Å²) in [6.45, 7) is 1.12. The van der Waals surface area contributed by atoms with E-state index in [9.17, 15) is 34.8 Å². The zero-order valence-corrected chi connectivity index (χ0v) is 21.1. The standard InChI is InChI=1S/C24H26F6N2O2S2/c1-16-18-5-2-3-6-21(18)35-22(16)32(14-17-7-8-20(25)19(13-17)24(28,29)30)36(33,34)12-11-31-10-4-9-23(26,27)15-31/h2-3,5-8,13,16,22H,4,9-12,14-15H2,1H3. The van der Waals surface area contributed by atoms with Crippen molar-refractivity contribution in [2.45, 2.75) is 54.6 Å². The molecule has 2 aliphatic heterocycles. The summed E-state index contributed by atoms with van der Waals surface area (Å²) in [4.78, 5) is 2.26. The molecule has 4 nitrogen and oxygen atoms in total. The Morgan fingerprint density at radius 3 is 2.56 bits per heavy atom. The number of fused-ring (bicyclic) bond motifs is 1. The van der Waals surface area contributed by atoms with Crippen LogP contribution >= 0.6 is 11.8 Å². The number of sulfonamides is 1. The minimum absolute atomic E-state index is 0.0134. The second-order valence-corrected chi connectivity index (χ2v) is 12.4. The van der Waals surface area contributed by atoms with E-state index in [-0.39, 0.29) is 30.9 Å². The summed E-state index contributed by atoms with van der Waals surface area (Å²) >= 11 is 1.29. The molecular formula is C24H26F6N2O2S2. The fourth-order valence-electron chi connectivity index (χ4n) is 4.67. The van der Waals surface area contributed by atoms with Gasteiger partial charge >= 0.3 is 6.18 Å². The molecule has 12 heteroatoms. The molecule has 2 aromatic carbocycles. The molecule has 2 aromatic rings. The van der Waals surface area contributed by atoms with E-state index in [1.54, 1.807) is 0 Å². The second-order valence-electron chi connectivity index (χ2n) is 9.24. The summed E-state index contributed by atoms with van der Waals surface area (Å²) in [7, 11) is -4.10. The average Bonchev–Trinajstić information content (AvgIpc) is 3.12. The molecule has 0 aliphatic carbocycles. The third-order valence-electron chi connectivity index (χ3n) is 6.54. The van der Waals surface area contributed by atoms with Crippen LogP contribution in [0.3, 0.4) is 0 Å². The number of alkyl halides is 5. The highest BCUT2D eigenvalue weighted by molar-refractivity contribution is 8.01. The van der Waals surface area contributed by atoms with Gasteiger partial charge in [0.25, 0.3) is 5.92 Å². The van der Waals surface area contributed by atoms with E-state index in [1.165, 1.54) is 16.7 Å². The van der Waals surface area contributed by atoms with Gasteiger partial charge in [-0.3, -0.25) is 4.90 Å². The van der Waals surface area contributed by atoms with Crippen molar-refractivity contribution in [3.05, 3.63) is 65.0 Å². The Morgan fingerprint density at radius 2 is 1.89 bits per heavy atom. The first kappa shape index (κ1) is 27.3. The fraction of sp³-hybridized carbons (Fsp3) is 0.500.